The van der Waals surface area contributed by atoms with Gasteiger partial charge < -0.3 is 14.8 Å². The zero-order valence-corrected chi connectivity index (χ0v) is 13.6. The summed E-state index contributed by atoms with van der Waals surface area (Å²) in [5.74, 6) is 1.07. The van der Waals surface area contributed by atoms with Gasteiger partial charge in [-0.25, -0.2) is 0 Å². The Morgan fingerprint density at radius 2 is 1.70 bits per heavy atom. The number of anilines is 1. The number of amides is 1. The molecule has 1 atom stereocenters. The molecule has 120 valence electrons. The second-order valence-corrected chi connectivity index (χ2v) is 6.68. The van der Waals surface area contributed by atoms with Crippen LogP contribution in [0.1, 0.15) is 26.3 Å². The molecule has 0 fully saturated rings. The third-order valence-corrected chi connectivity index (χ3v) is 3.82. The van der Waals surface area contributed by atoms with E-state index < -0.39 is 6.10 Å². The molecule has 4 heteroatoms. The highest BCUT2D eigenvalue weighted by Crippen LogP contribution is 2.31. The summed E-state index contributed by atoms with van der Waals surface area (Å²) >= 11 is 0. The maximum atomic E-state index is 12.3. The summed E-state index contributed by atoms with van der Waals surface area (Å²) in [5, 5.41) is 2.88. The summed E-state index contributed by atoms with van der Waals surface area (Å²) < 4.78 is 11.3. The van der Waals surface area contributed by atoms with E-state index in [4.69, 9.17) is 9.47 Å². The molecule has 0 aliphatic carbocycles. The molecule has 0 bridgehead atoms. The maximum Gasteiger partial charge on any atom is 0.269 e. The first-order valence-corrected chi connectivity index (χ1v) is 7.73. The Bertz CT molecular complexity index is 701. The number of fused-ring (bicyclic) bond motifs is 1. The first-order chi connectivity index (χ1) is 10.9. The van der Waals surface area contributed by atoms with Gasteiger partial charge in [0.1, 0.15) is 6.61 Å². The number of carbonyl (C=O) groups is 1. The van der Waals surface area contributed by atoms with Gasteiger partial charge in [-0.1, -0.05) is 45.0 Å². The number of rotatable bonds is 2. The molecule has 0 unspecified atom stereocenters. The van der Waals surface area contributed by atoms with Crippen LogP contribution in [0.4, 0.5) is 5.69 Å². The average molecular weight is 311 g/mol. The molecule has 0 saturated carbocycles. The Balaban J connectivity index is 1.66. The smallest absolute Gasteiger partial charge is 0.269 e. The van der Waals surface area contributed by atoms with Crippen LogP contribution in [0, 0.1) is 0 Å². The van der Waals surface area contributed by atoms with Crippen LogP contribution in [0.2, 0.25) is 0 Å². The van der Waals surface area contributed by atoms with Gasteiger partial charge in [0, 0.05) is 5.69 Å². The minimum absolute atomic E-state index is 0.0899. The van der Waals surface area contributed by atoms with Crippen LogP contribution in [0.15, 0.2) is 48.5 Å². The topological polar surface area (TPSA) is 47.6 Å². The lowest BCUT2D eigenvalue weighted by atomic mass is 9.87. The van der Waals surface area contributed by atoms with Gasteiger partial charge in [0.2, 0.25) is 6.10 Å². The fraction of sp³-hybridized carbons (Fsp3) is 0.316. The fourth-order valence-corrected chi connectivity index (χ4v) is 2.43. The molecular formula is C19H21NO3. The number of hydrogen-bond donors (Lipinski definition) is 1. The van der Waals surface area contributed by atoms with Crippen LogP contribution in [0.25, 0.3) is 0 Å². The third kappa shape index (κ3) is 3.47. The number of nitrogens with one attached hydrogen (secondary N) is 1. The van der Waals surface area contributed by atoms with Crippen molar-refractivity contribution in [1.82, 2.24) is 0 Å². The fourth-order valence-electron chi connectivity index (χ4n) is 2.43. The van der Waals surface area contributed by atoms with Crippen LogP contribution >= 0.6 is 0 Å². The number of hydrogen-bond acceptors (Lipinski definition) is 3. The van der Waals surface area contributed by atoms with Crippen LogP contribution in [0.5, 0.6) is 11.5 Å². The van der Waals surface area contributed by atoms with Crippen LogP contribution in [0.3, 0.4) is 0 Å². The molecule has 1 aliphatic heterocycles. The van der Waals surface area contributed by atoms with Crippen molar-refractivity contribution in [3.8, 4) is 11.5 Å². The molecule has 1 amide bonds. The van der Waals surface area contributed by atoms with E-state index in [0.29, 0.717) is 11.5 Å². The van der Waals surface area contributed by atoms with E-state index >= 15 is 0 Å². The molecule has 1 heterocycles. The van der Waals surface area contributed by atoms with Crippen molar-refractivity contribution < 1.29 is 14.3 Å². The molecule has 23 heavy (non-hydrogen) atoms. The normalized spacial score (nSPS) is 16.7. The van der Waals surface area contributed by atoms with Gasteiger partial charge in [-0.05, 0) is 35.2 Å². The van der Waals surface area contributed by atoms with E-state index in [0.717, 1.165) is 5.69 Å². The van der Waals surface area contributed by atoms with Gasteiger partial charge in [-0.15, -0.1) is 0 Å². The first-order valence-electron chi connectivity index (χ1n) is 7.73. The highest BCUT2D eigenvalue weighted by atomic mass is 16.6. The molecule has 1 aliphatic rings. The van der Waals surface area contributed by atoms with Gasteiger partial charge in [-0.2, -0.15) is 0 Å². The zero-order chi connectivity index (χ0) is 16.4. The minimum Gasteiger partial charge on any atom is -0.485 e. The molecular weight excluding hydrogens is 290 g/mol. The summed E-state index contributed by atoms with van der Waals surface area (Å²) in [6, 6.07) is 15.2. The summed E-state index contributed by atoms with van der Waals surface area (Å²) in [7, 11) is 0. The summed E-state index contributed by atoms with van der Waals surface area (Å²) in [6.45, 7) is 6.69. The molecule has 1 N–H and O–H groups in total. The van der Waals surface area contributed by atoms with Gasteiger partial charge in [0.05, 0.1) is 0 Å². The molecule has 3 rings (SSSR count). The van der Waals surface area contributed by atoms with Crippen molar-refractivity contribution in [2.45, 2.75) is 32.3 Å². The van der Waals surface area contributed by atoms with Crippen molar-refractivity contribution in [1.29, 1.82) is 0 Å². The molecule has 4 nitrogen and oxygen atoms in total. The predicted octanol–water partition coefficient (Wildman–Crippen LogP) is 3.76. The first kappa shape index (κ1) is 15.4. The van der Waals surface area contributed by atoms with Gasteiger partial charge in [-0.3, -0.25) is 4.79 Å². The maximum absolute atomic E-state index is 12.3. The number of benzene rings is 2. The van der Waals surface area contributed by atoms with Gasteiger partial charge >= 0.3 is 0 Å². The lowest BCUT2D eigenvalue weighted by Gasteiger charge is -2.25. The van der Waals surface area contributed by atoms with Crippen LogP contribution in [-0.4, -0.2) is 18.6 Å². The second kappa shape index (κ2) is 5.95. The summed E-state index contributed by atoms with van der Waals surface area (Å²) in [6.07, 6.45) is -0.646. The highest BCUT2D eigenvalue weighted by Gasteiger charge is 2.27. The van der Waals surface area contributed by atoms with Crippen molar-refractivity contribution in [2.24, 2.45) is 0 Å². The predicted molar refractivity (Wildman–Crippen MR) is 90.1 cm³/mol. The van der Waals surface area contributed by atoms with Crippen molar-refractivity contribution in [3.63, 3.8) is 0 Å². The molecule has 2 aromatic carbocycles. The molecule has 0 radical (unpaired) electrons. The van der Waals surface area contributed by atoms with Crippen LogP contribution in [-0.2, 0) is 10.2 Å². The van der Waals surface area contributed by atoms with E-state index in [1.54, 1.807) is 6.07 Å². The Labute approximate surface area is 136 Å². The molecule has 0 aromatic heterocycles. The Morgan fingerprint density at radius 1 is 1.04 bits per heavy atom. The lowest BCUT2D eigenvalue weighted by molar-refractivity contribution is -0.125. The van der Waals surface area contributed by atoms with E-state index in [2.05, 4.69) is 26.1 Å². The number of ether oxygens (including phenoxy) is 2. The number of para-hydroxylation sites is 2. The van der Waals surface area contributed by atoms with E-state index in [1.807, 2.05) is 42.5 Å². The Hall–Kier alpha value is -2.49. The monoisotopic (exact) mass is 311 g/mol. The SMILES string of the molecule is CC(C)(C)c1ccc(NC(=O)[C@@H]2COc3ccccc3O2)cc1. The second-order valence-electron chi connectivity index (χ2n) is 6.68. The molecule has 0 spiro atoms. The third-order valence-electron chi connectivity index (χ3n) is 3.82. The molecule has 2 aromatic rings. The van der Waals surface area contributed by atoms with Crippen molar-refractivity contribution in [2.75, 3.05) is 11.9 Å². The zero-order valence-electron chi connectivity index (χ0n) is 13.6. The summed E-state index contributed by atoms with van der Waals surface area (Å²) in [4.78, 5) is 12.3. The standard InChI is InChI=1S/C19H21NO3/c1-19(2,3)13-8-10-14(11-9-13)20-18(21)17-12-22-15-6-4-5-7-16(15)23-17/h4-11,17H,12H2,1-3H3,(H,20,21)/t17-/m0/s1. The van der Waals surface area contributed by atoms with Gasteiger partial charge in [0.15, 0.2) is 11.5 Å². The van der Waals surface area contributed by atoms with Gasteiger partial charge in [0.25, 0.3) is 5.91 Å². The summed E-state index contributed by atoms with van der Waals surface area (Å²) in [5.41, 5.74) is 2.07. The Morgan fingerprint density at radius 3 is 2.35 bits per heavy atom. The van der Waals surface area contributed by atoms with Crippen molar-refractivity contribution >= 4 is 11.6 Å². The molecule has 0 saturated heterocycles. The Kier molecular flexibility index (Phi) is 3.99. The average Bonchev–Trinajstić information content (AvgIpc) is 2.54. The van der Waals surface area contributed by atoms with E-state index in [-0.39, 0.29) is 17.9 Å². The number of carbonyl (C=O) groups excluding carboxylic acids is 1. The highest BCUT2D eigenvalue weighted by molar-refractivity contribution is 5.94. The van der Waals surface area contributed by atoms with E-state index in [1.165, 1.54) is 5.56 Å². The quantitative estimate of drug-likeness (QED) is 0.918. The largest absolute Gasteiger partial charge is 0.485 e. The lowest BCUT2D eigenvalue weighted by Crippen LogP contribution is -2.40. The van der Waals surface area contributed by atoms with Crippen molar-refractivity contribution in [3.05, 3.63) is 54.1 Å². The van der Waals surface area contributed by atoms with Crippen LogP contribution < -0.4 is 14.8 Å². The minimum atomic E-state index is -0.646. The van der Waals surface area contributed by atoms with E-state index in [9.17, 15) is 4.79 Å².